The van der Waals surface area contributed by atoms with Gasteiger partial charge in [0.15, 0.2) is 0 Å². The molecule has 0 unspecified atom stereocenters. The maximum atomic E-state index is 10.2. The quantitative estimate of drug-likeness (QED) is 0.381. The van der Waals surface area contributed by atoms with E-state index in [2.05, 4.69) is 33.4 Å². The molecule has 1 aromatic heterocycles. The number of H-pyrrole nitrogens is 1. The molecule has 0 spiro atoms. The average molecular weight is 462 g/mol. The predicted octanol–water partition coefficient (Wildman–Crippen LogP) is 4.87. The molecule has 34 heavy (non-hydrogen) atoms. The van der Waals surface area contributed by atoms with E-state index in [1.54, 1.807) is 12.1 Å². The Labute approximate surface area is 203 Å². The summed E-state index contributed by atoms with van der Waals surface area (Å²) in [6.45, 7) is 8.65. The molecular weight excluding hydrogens is 422 g/mol. The number of hydrogen-bond donors (Lipinski definition) is 5. The van der Waals surface area contributed by atoms with E-state index in [1.807, 2.05) is 32.1 Å². The second kappa shape index (κ2) is 11.0. The van der Waals surface area contributed by atoms with Crippen LogP contribution >= 0.6 is 0 Å². The Morgan fingerprint density at radius 1 is 1.03 bits per heavy atom. The van der Waals surface area contributed by atoms with E-state index in [0.717, 1.165) is 35.6 Å². The van der Waals surface area contributed by atoms with E-state index >= 15 is 0 Å². The molecule has 2 aliphatic heterocycles. The van der Waals surface area contributed by atoms with Crippen LogP contribution in [0.2, 0.25) is 0 Å². The summed E-state index contributed by atoms with van der Waals surface area (Å²) in [6, 6.07) is 14.5. The van der Waals surface area contributed by atoms with Gasteiger partial charge in [0.25, 0.3) is 0 Å². The lowest BCUT2D eigenvalue weighted by atomic mass is 9.87. The summed E-state index contributed by atoms with van der Waals surface area (Å²) < 4.78 is 0. The van der Waals surface area contributed by atoms with Gasteiger partial charge in [-0.3, -0.25) is 0 Å². The first-order valence-corrected chi connectivity index (χ1v) is 12.7. The smallest absolute Gasteiger partial charge is 0.124 e. The van der Waals surface area contributed by atoms with Gasteiger partial charge in [-0.05, 0) is 93.7 Å². The molecule has 2 saturated heterocycles. The summed E-state index contributed by atoms with van der Waals surface area (Å²) in [5.41, 5.74) is 17.0. The minimum atomic E-state index is 0.167. The van der Waals surface area contributed by atoms with Gasteiger partial charge >= 0.3 is 0 Å². The minimum absolute atomic E-state index is 0.167. The Hall–Kier alpha value is -2.96. The van der Waals surface area contributed by atoms with E-state index < -0.39 is 0 Å². The number of nitrogens with one attached hydrogen (secondary N) is 2. The van der Waals surface area contributed by atoms with Crippen molar-refractivity contribution in [1.82, 2.24) is 15.2 Å². The molecule has 6 nitrogen and oxygen atoms in total. The molecule has 0 atom stereocenters. The summed E-state index contributed by atoms with van der Waals surface area (Å²) in [7, 11) is 0. The fourth-order valence-electron chi connectivity index (χ4n) is 5.38. The van der Waals surface area contributed by atoms with Crippen molar-refractivity contribution in [1.29, 1.82) is 0 Å². The zero-order valence-electron chi connectivity index (χ0n) is 20.5. The van der Waals surface area contributed by atoms with E-state index in [0.29, 0.717) is 23.0 Å². The number of para-hydroxylation sites is 1. The van der Waals surface area contributed by atoms with Gasteiger partial charge in [-0.15, -0.1) is 0 Å². The highest BCUT2D eigenvalue weighted by Crippen LogP contribution is 2.35. The molecule has 7 N–H and O–H groups in total. The summed E-state index contributed by atoms with van der Waals surface area (Å²) in [5, 5.41) is 14.7. The van der Waals surface area contributed by atoms with Gasteiger partial charge in [0.2, 0.25) is 0 Å². The number of aromatic hydroxyl groups is 1. The first-order chi connectivity index (χ1) is 16.6. The molecule has 182 valence electrons. The van der Waals surface area contributed by atoms with Gasteiger partial charge in [0.1, 0.15) is 11.6 Å². The molecule has 6 heteroatoms. The Balaban J connectivity index is 0.00000133. The third-order valence-corrected chi connectivity index (χ3v) is 7.23. The number of benzene rings is 2. The van der Waals surface area contributed by atoms with Crippen molar-refractivity contribution in [3.63, 3.8) is 0 Å². The van der Waals surface area contributed by atoms with E-state index in [4.69, 9.17) is 11.5 Å². The molecular formula is C28H39N5O. The van der Waals surface area contributed by atoms with Crippen molar-refractivity contribution in [2.24, 2.45) is 5.73 Å². The van der Waals surface area contributed by atoms with Crippen LogP contribution in [-0.4, -0.2) is 47.2 Å². The number of phenolic OH excluding ortho intramolecular Hbond substituents is 1. The highest BCUT2D eigenvalue weighted by atomic mass is 16.3. The highest BCUT2D eigenvalue weighted by molar-refractivity contribution is 5.99. The van der Waals surface area contributed by atoms with Gasteiger partial charge in [-0.1, -0.05) is 32.0 Å². The summed E-state index contributed by atoms with van der Waals surface area (Å²) in [5.74, 6) is 1.33. The predicted molar refractivity (Wildman–Crippen MR) is 144 cm³/mol. The van der Waals surface area contributed by atoms with Crippen LogP contribution in [0.25, 0.3) is 22.7 Å². The van der Waals surface area contributed by atoms with E-state index in [9.17, 15) is 5.11 Å². The molecule has 0 aliphatic carbocycles. The second-order valence-corrected chi connectivity index (χ2v) is 9.17. The maximum absolute atomic E-state index is 10.2. The summed E-state index contributed by atoms with van der Waals surface area (Å²) >= 11 is 0. The third kappa shape index (κ3) is 5.08. The number of aromatic amines is 1. The van der Waals surface area contributed by atoms with Crippen LogP contribution in [0.4, 0.5) is 5.82 Å². The maximum Gasteiger partial charge on any atom is 0.124 e. The van der Waals surface area contributed by atoms with Gasteiger partial charge < -0.3 is 31.8 Å². The molecule has 3 aromatic rings. The van der Waals surface area contributed by atoms with E-state index in [-0.39, 0.29) is 5.75 Å². The van der Waals surface area contributed by atoms with Gasteiger partial charge in [-0.25, -0.2) is 0 Å². The molecule has 2 fully saturated rings. The van der Waals surface area contributed by atoms with Crippen molar-refractivity contribution in [2.45, 2.75) is 51.5 Å². The van der Waals surface area contributed by atoms with Crippen molar-refractivity contribution in [3.8, 4) is 5.75 Å². The fourth-order valence-corrected chi connectivity index (χ4v) is 5.38. The summed E-state index contributed by atoms with van der Waals surface area (Å²) in [4.78, 5) is 5.98. The first-order valence-electron chi connectivity index (χ1n) is 12.7. The Morgan fingerprint density at radius 2 is 1.74 bits per heavy atom. The number of nitrogens with two attached hydrogens (primary N) is 2. The SMILES string of the molecule is CC.N/C(=C\c1c(N)[nH]c2ccc(C3CCN(C4CCNCC4)CC3)cc12)c1ccccc1O. The number of nitrogen functional groups attached to an aromatic ring is 1. The number of nitrogens with zero attached hydrogens (tertiary/aromatic N) is 1. The summed E-state index contributed by atoms with van der Waals surface area (Å²) in [6.07, 6.45) is 6.80. The highest BCUT2D eigenvalue weighted by Gasteiger charge is 2.27. The molecule has 2 aromatic carbocycles. The van der Waals surface area contributed by atoms with Crippen LogP contribution in [0, 0.1) is 0 Å². The molecule has 0 saturated carbocycles. The van der Waals surface area contributed by atoms with Crippen LogP contribution in [0.1, 0.15) is 62.1 Å². The largest absolute Gasteiger partial charge is 0.507 e. The van der Waals surface area contributed by atoms with Crippen molar-refractivity contribution in [3.05, 3.63) is 59.2 Å². The number of phenols is 1. The van der Waals surface area contributed by atoms with Crippen LogP contribution in [0.3, 0.4) is 0 Å². The number of rotatable bonds is 4. The van der Waals surface area contributed by atoms with Crippen LogP contribution in [0.5, 0.6) is 5.75 Å². The first kappa shape index (κ1) is 24.2. The molecule has 3 heterocycles. The Morgan fingerprint density at radius 3 is 2.44 bits per heavy atom. The second-order valence-electron chi connectivity index (χ2n) is 9.17. The van der Waals surface area contributed by atoms with Crippen molar-refractivity contribution in [2.75, 3.05) is 31.9 Å². The number of aromatic nitrogens is 1. The van der Waals surface area contributed by atoms with Crippen molar-refractivity contribution < 1.29 is 5.11 Å². The molecule has 2 aliphatic rings. The standard InChI is InChI=1S/C26H33N5O.C2H6/c27-23(20-3-1-2-4-25(20)32)16-22-21-15-18(5-6-24(21)30-26(22)28)17-9-13-31(14-10-17)19-7-11-29-12-8-19;1-2/h1-6,15-17,19,29-30,32H,7-14,27-28H2;1-2H3/b23-16-;. The van der Waals surface area contributed by atoms with Gasteiger partial charge in [-0.2, -0.15) is 0 Å². The van der Waals surface area contributed by atoms with Gasteiger partial charge in [0.05, 0.1) is 0 Å². The number of fused-ring (bicyclic) bond motifs is 1. The molecule has 0 bridgehead atoms. The molecule has 0 radical (unpaired) electrons. The lowest BCUT2D eigenvalue weighted by Crippen LogP contribution is -2.46. The van der Waals surface area contributed by atoms with Crippen LogP contribution in [-0.2, 0) is 0 Å². The Bertz CT molecular complexity index is 1120. The van der Waals surface area contributed by atoms with Crippen molar-refractivity contribution >= 4 is 28.5 Å². The monoisotopic (exact) mass is 461 g/mol. The fraction of sp³-hybridized carbons (Fsp3) is 0.429. The van der Waals surface area contributed by atoms with Gasteiger partial charge in [0, 0.05) is 33.8 Å². The number of likely N-dealkylation sites (tertiary alicyclic amines) is 1. The molecule has 0 amide bonds. The minimum Gasteiger partial charge on any atom is -0.507 e. The molecule has 5 rings (SSSR count). The topological polar surface area (TPSA) is 103 Å². The van der Waals surface area contributed by atoms with Crippen LogP contribution < -0.4 is 16.8 Å². The van der Waals surface area contributed by atoms with Crippen LogP contribution in [0.15, 0.2) is 42.5 Å². The number of hydrogen-bond acceptors (Lipinski definition) is 5. The lowest BCUT2D eigenvalue weighted by molar-refractivity contribution is 0.127. The Kier molecular flexibility index (Phi) is 7.80. The number of piperidine rings is 2. The third-order valence-electron chi connectivity index (χ3n) is 7.23. The van der Waals surface area contributed by atoms with E-state index in [1.165, 1.54) is 44.3 Å². The average Bonchev–Trinajstić information content (AvgIpc) is 3.20. The number of anilines is 1. The lowest BCUT2D eigenvalue weighted by Gasteiger charge is -2.39. The zero-order chi connectivity index (χ0) is 24.1. The normalized spacial score (nSPS) is 18.6. The zero-order valence-corrected chi connectivity index (χ0v) is 20.5.